The minimum absolute atomic E-state index is 0.0112. The number of rotatable bonds is 29. The fourth-order valence-electron chi connectivity index (χ4n) is 9.61. The van der Waals surface area contributed by atoms with Crippen molar-refractivity contribution in [3.63, 3.8) is 0 Å². The number of aromatic nitrogens is 1. The highest BCUT2D eigenvalue weighted by Gasteiger charge is 2.42. The van der Waals surface area contributed by atoms with Crippen LogP contribution in [0.5, 0.6) is 0 Å². The van der Waals surface area contributed by atoms with Crippen molar-refractivity contribution in [2.24, 2.45) is 0 Å². The number of esters is 1. The zero-order chi connectivity index (χ0) is 64.0. The first-order valence-corrected chi connectivity index (χ1v) is 29.7. The third kappa shape index (κ3) is 21.7. The van der Waals surface area contributed by atoms with Crippen LogP contribution in [0.3, 0.4) is 0 Å². The van der Waals surface area contributed by atoms with Crippen molar-refractivity contribution in [1.82, 2.24) is 41.8 Å². The predicted octanol–water partition coefficient (Wildman–Crippen LogP) is 8.31. The number of ether oxygens (including phenoxy) is 4. The van der Waals surface area contributed by atoms with E-state index in [0.717, 1.165) is 22.0 Å². The summed E-state index contributed by atoms with van der Waals surface area (Å²) in [5.41, 5.74) is 1.12. The van der Waals surface area contributed by atoms with Gasteiger partial charge in [-0.15, -0.1) is 0 Å². The molecule has 0 aliphatic rings. The second kappa shape index (κ2) is 32.1. The first-order chi connectivity index (χ1) is 41.8. The number of benzene rings is 5. The van der Waals surface area contributed by atoms with Crippen molar-refractivity contribution in [1.29, 1.82) is 0 Å². The van der Waals surface area contributed by atoms with E-state index in [4.69, 9.17) is 18.9 Å². The molecule has 0 aliphatic carbocycles. The Morgan fingerprint density at radius 1 is 0.511 bits per heavy atom. The average Bonchev–Trinajstić information content (AvgIpc) is 2.03. The van der Waals surface area contributed by atoms with Crippen LogP contribution in [-0.2, 0) is 80.2 Å². The van der Waals surface area contributed by atoms with Gasteiger partial charge in [-0.25, -0.2) is 14.4 Å². The molecule has 6 rings (SSSR count). The summed E-state index contributed by atoms with van der Waals surface area (Å²) in [6.07, 6.45) is -0.238. The molecule has 88 heavy (non-hydrogen) atoms. The van der Waals surface area contributed by atoms with E-state index >= 15 is 14.4 Å². The van der Waals surface area contributed by atoms with Gasteiger partial charge in [0.2, 0.25) is 29.5 Å². The summed E-state index contributed by atoms with van der Waals surface area (Å²) >= 11 is 0. The molecule has 0 unspecified atom stereocenters. The number of unbranched alkanes of at least 4 members (excludes halogenated alkanes) is 1. The molecule has 470 valence electrons. The van der Waals surface area contributed by atoms with Crippen molar-refractivity contribution in [2.45, 2.75) is 167 Å². The molecule has 0 bridgehead atoms. The largest absolute Gasteiger partial charge is 0.459 e. The topological polar surface area (TPSA) is 265 Å². The molecule has 0 aliphatic heterocycles. The van der Waals surface area contributed by atoms with Gasteiger partial charge in [-0.1, -0.05) is 140 Å². The summed E-state index contributed by atoms with van der Waals surface area (Å²) in [5, 5.41) is 17.7. The molecule has 20 nitrogen and oxygen atoms in total. The minimum atomic E-state index is -1.64. The Balaban J connectivity index is 1.27. The number of carbonyl (C=O) groups is 8. The molecule has 1 heterocycles. The summed E-state index contributed by atoms with van der Waals surface area (Å²) in [5.74, 6) is -4.42. The van der Waals surface area contributed by atoms with Crippen molar-refractivity contribution in [2.75, 3.05) is 13.6 Å². The standard InChI is InChI=1S/C68H86N8O12/c1-45(87-66(2,3)4)57(60(79)72-55(39-46-27-15-11-16-28-46)61(80)76(10)68(8,9)63(82)73-56(40-47-29-17-12-18-30-47)62(81)85-43-48-31-19-13-20-32-48)75-58(77)53(37-25-26-38-69-64(83)88-67(5,6)7)71-59(78)54(41-50-42-70-52-36-24-23-35-51(50)52)74-65(84)86-44-49-33-21-14-22-34-49/h11-24,27-36,42,45,53-57,70H,25-26,37-41,43-44H2,1-10H3,(H,69,83)(H,71,78)(H,72,79)(H,73,82)(H,74,84)(H,75,77)/t45-,53+,54-,55+,56+,57+/m1/s1. The van der Waals surface area contributed by atoms with Gasteiger partial charge >= 0.3 is 18.2 Å². The lowest BCUT2D eigenvalue weighted by Gasteiger charge is -2.38. The minimum Gasteiger partial charge on any atom is -0.459 e. The number of fused-ring (bicyclic) bond motifs is 1. The van der Waals surface area contributed by atoms with Crippen molar-refractivity contribution >= 4 is 58.6 Å². The number of H-pyrrole nitrogens is 1. The van der Waals surface area contributed by atoms with Crippen LogP contribution in [0.15, 0.2) is 152 Å². The average molecular weight is 1210 g/mol. The number of nitrogens with zero attached hydrogens (tertiary/aromatic N) is 1. The van der Waals surface area contributed by atoms with E-state index in [0.29, 0.717) is 23.1 Å². The number of likely N-dealkylation sites (N-methyl/N-ethyl adjacent to an activating group) is 1. The Morgan fingerprint density at radius 3 is 1.59 bits per heavy atom. The number of nitrogens with one attached hydrogen (secondary N) is 7. The summed E-state index contributed by atoms with van der Waals surface area (Å²) in [6.45, 7) is 15.2. The lowest BCUT2D eigenvalue weighted by Crippen LogP contribution is -2.64. The highest BCUT2D eigenvalue weighted by Crippen LogP contribution is 2.22. The molecule has 6 atom stereocenters. The number of amides is 7. The zero-order valence-corrected chi connectivity index (χ0v) is 52.1. The van der Waals surface area contributed by atoms with E-state index in [-0.39, 0.29) is 51.9 Å². The number of carbonyl (C=O) groups excluding carboxylic acids is 8. The Hall–Kier alpha value is -9.04. The summed E-state index contributed by atoms with van der Waals surface area (Å²) in [6, 6.07) is 37.0. The third-order valence-corrected chi connectivity index (χ3v) is 14.4. The van der Waals surface area contributed by atoms with Crippen LogP contribution in [0.2, 0.25) is 0 Å². The molecule has 0 saturated carbocycles. The predicted molar refractivity (Wildman–Crippen MR) is 335 cm³/mol. The maximum atomic E-state index is 15.1. The van der Waals surface area contributed by atoms with Crippen LogP contribution >= 0.6 is 0 Å². The van der Waals surface area contributed by atoms with Crippen LogP contribution in [0.4, 0.5) is 9.59 Å². The van der Waals surface area contributed by atoms with Crippen LogP contribution in [0, 0.1) is 0 Å². The molecular weight excluding hydrogens is 1120 g/mol. The molecule has 0 spiro atoms. The monoisotopic (exact) mass is 1210 g/mol. The van der Waals surface area contributed by atoms with Crippen molar-refractivity contribution in [3.8, 4) is 0 Å². The highest BCUT2D eigenvalue weighted by molar-refractivity contribution is 5.98. The highest BCUT2D eigenvalue weighted by atomic mass is 16.6. The van der Waals surface area contributed by atoms with Gasteiger partial charge in [0.05, 0.1) is 11.7 Å². The van der Waals surface area contributed by atoms with E-state index in [1.54, 1.807) is 109 Å². The van der Waals surface area contributed by atoms with E-state index < -0.39 is 101 Å². The van der Waals surface area contributed by atoms with Gasteiger partial charge in [0.25, 0.3) is 0 Å². The SMILES string of the molecule is C[C@@H](OC(C)(C)C)[C@H](NC(=O)[C@H](CCCCNC(=O)OC(C)(C)C)NC(=O)[C@@H](Cc1c[nH]c2ccccc12)NC(=O)OCc1ccccc1)C(=O)N[C@@H](Cc1ccccc1)C(=O)N(C)C(C)(C)C(=O)N[C@@H](Cc1ccccc1)C(=O)OCc1ccccc1. The Bertz CT molecular complexity index is 3260. The maximum absolute atomic E-state index is 15.1. The molecular formula is C68H86N8O12. The Kier molecular flexibility index (Phi) is 24.8. The molecule has 0 fully saturated rings. The molecule has 7 N–H and O–H groups in total. The second-order valence-electron chi connectivity index (χ2n) is 24.2. The van der Waals surface area contributed by atoms with E-state index in [1.165, 1.54) is 25.8 Å². The van der Waals surface area contributed by atoms with Gasteiger partial charge in [-0.2, -0.15) is 0 Å². The molecule has 6 aromatic rings. The lowest BCUT2D eigenvalue weighted by molar-refractivity contribution is -0.152. The normalized spacial score (nSPS) is 13.7. The fraction of sp³-hybridized carbons (Fsp3) is 0.412. The first kappa shape index (κ1) is 68.1. The molecule has 7 amide bonds. The van der Waals surface area contributed by atoms with Crippen molar-refractivity contribution < 1.29 is 57.3 Å². The summed E-state index contributed by atoms with van der Waals surface area (Å²) in [7, 11) is 1.43. The molecule has 0 radical (unpaired) electrons. The van der Waals surface area contributed by atoms with E-state index in [9.17, 15) is 24.0 Å². The molecule has 5 aromatic carbocycles. The number of hydrogen-bond acceptors (Lipinski definition) is 12. The summed E-state index contributed by atoms with van der Waals surface area (Å²) < 4.78 is 23.0. The van der Waals surface area contributed by atoms with Gasteiger partial charge in [-0.3, -0.25) is 24.0 Å². The lowest BCUT2D eigenvalue weighted by atomic mass is 9.97. The van der Waals surface area contributed by atoms with Crippen LogP contribution < -0.4 is 31.9 Å². The Labute approximate surface area is 515 Å². The second-order valence-corrected chi connectivity index (χ2v) is 24.2. The first-order valence-electron chi connectivity index (χ1n) is 29.7. The summed E-state index contributed by atoms with van der Waals surface area (Å²) in [4.78, 5) is 119. The fourth-order valence-corrected chi connectivity index (χ4v) is 9.61. The number of alkyl carbamates (subject to hydrolysis) is 2. The van der Waals surface area contributed by atoms with Crippen LogP contribution in [0.25, 0.3) is 10.9 Å². The van der Waals surface area contributed by atoms with Crippen LogP contribution in [-0.4, -0.2) is 124 Å². The van der Waals surface area contributed by atoms with Gasteiger partial charge in [0.1, 0.15) is 54.6 Å². The third-order valence-electron chi connectivity index (χ3n) is 14.4. The van der Waals surface area contributed by atoms with E-state index in [1.807, 2.05) is 91.0 Å². The van der Waals surface area contributed by atoms with Crippen molar-refractivity contribution in [3.05, 3.63) is 180 Å². The molecule has 20 heteroatoms. The van der Waals surface area contributed by atoms with E-state index in [2.05, 4.69) is 36.9 Å². The molecule has 0 saturated heterocycles. The zero-order valence-electron chi connectivity index (χ0n) is 52.1. The smallest absolute Gasteiger partial charge is 0.408 e. The van der Waals surface area contributed by atoms with Gasteiger partial charge in [0, 0.05) is 50.0 Å². The maximum Gasteiger partial charge on any atom is 0.408 e. The van der Waals surface area contributed by atoms with Crippen LogP contribution in [0.1, 0.15) is 109 Å². The number of aromatic amines is 1. The van der Waals surface area contributed by atoms with Gasteiger partial charge < -0.3 is 60.7 Å². The Morgan fingerprint density at radius 2 is 1.02 bits per heavy atom. The number of hydrogen-bond donors (Lipinski definition) is 7. The number of para-hydroxylation sites is 1. The quantitative estimate of drug-likeness (QED) is 0.0133. The molecule has 1 aromatic heterocycles. The van der Waals surface area contributed by atoms with Gasteiger partial charge in [-0.05, 0) is 115 Å². The van der Waals surface area contributed by atoms with Gasteiger partial charge in [0.15, 0.2) is 0 Å².